The van der Waals surface area contributed by atoms with Crippen molar-refractivity contribution in [3.05, 3.63) is 0 Å². The van der Waals surface area contributed by atoms with Crippen LogP contribution in [0.25, 0.3) is 0 Å². The molecule has 2 unspecified atom stereocenters. The van der Waals surface area contributed by atoms with E-state index in [0.717, 1.165) is 19.4 Å². The van der Waals surface area contributed by atoms with Crippen LogP contribution in [0, 0.1) is 5.92 Å². The summed E-state index contributed by atoms with van der Waals surface area (Å²) in [5.41, 5.74) is 6.05. The van der Waals surface area contributed by atoms with Gasteiger partial charge in [0.2, 0.25) is 0 Å². The van der Waals surface area contributed by atoms with Crippen LogP contribution < -0.4 is 5.73 Å². The summed E-state index contributed by atoms with van der Waals surface area (Å²) >= 11 is 0. The van der Waals surface area contributed by atoms with E-state index in [1.54, 1.807) is 0 Å². The molecular formula is C12H23NO2. The summed E-state index contributed by atoms with van der Waals surface area (Å²) < 4.78 is 5.99. The molecule has 15 heavy (non-hydrogen) atoms. The zero-order chi connectivity index (χ0) is 10.7. The molecule has 1 heterocycles. The monoisotopic (exact) mass is 213 g/mol. The molecule has 0 amide bonds. The van der Waals surface area contributed by atoms with Crippen molar-refractivity contribution in [1.29, 1.82) is 0 Å². The van der Waals surface area contributed by atoms with E-state index < -0.39 is 0 Å². The first-order valence-electron chi connectivity index (χ1n) is 6.26. The molecule has 2 aliphatic rings. The zero-order valence-corrected chi connectivity index (χ0v) is 9.45. The van der Waals surface area contributed by atoms with E-state index in [-0.39, 0.29) is 18.2 Å². The Balaban J connectivity index is 1.96. The molecule has 1 aliphatic heterocycles. The Bertz CT molecular complexity index is 196. The molecule has 2 atom stereocenters. The van der Waals surface area contributed by atoms with Gasteiger partial charge in [0.1, 0.15) is 0 Å². The Morgan fingerprint density at radius 2 is 2.07 bits per heavy atom. The minimum Gasteiger partial charge on any atom is -0.395 e. The first-order valence-corrected chi connectivity index (χ1v) is 6.26. The second kappa shape index (κ2) is 4.81. The van der Waals surface area contributed by atoms with Gasteiger partial charge in [-0.25, -0.2) is 0 Å². The molecule has 0 aromatic heterocycles. The third-order valence-electron chi connectivity index (χ3n) is 4.11. The lowest BCUT2D eigenvalue weighted by atomic mass is 9.74. The van der Waals surface area contributed by atoms with Crippen molar-refractivity contribution in [2.24, 2.45) is 11.7 Å². The first kappa shape index (κ1) is 11.4. The van der Waals surface area contributed by atoms with Gasteiger partial charge in [0.25, 0.3) is 0 Å². The summed E-state index contributed by atoms with van der Waals surface area (Å²) in [6.45, 7) is 0.944. The van der Waals surface area contributed by atoms with Crippen molar-refractivity contribution >= 4 is 0 Å². The Hall–Kier alpha value is -0.120. The topological polar surface area (TPSA) is 55.5 Å². The smallest absolute Gasteiger partial charge is 0.0685 e. The Morgan fingerprint density at radius 3 is 2.73 bits per heavy atom. The third kappa shape index (κ3) is 2.52. The number of hydrogen-bond acceptors (Lipinski definition) is 3. The van der Waals surface area contributed by atoms with Crippen LogP contribution in [0.15, 0.2) is 0 Å². The van der Waals surface area contributed by atoms with Crippen molar-refractivity contribution in [2.45, 2.75) is 56.6 Å². The third-order valence-corrected chi connectivity index (χ3v) is 4.11. The Kier molecular flexibility index (Phi) is 3.65. The lowest BCUT2D eigenvalue weighted by Gasteiger charge is -2.44. The van der Waals surface area contributed by atoms with E-state index in [1.165, 1.54) is 32.1 Å². The number of aliphatic hydroxyl groups is 1. The minimum atomic E-state index is -0.0484. The van der Waals surface area contributed by atoms with E-state index in [9.17, 15) is 0 Å². The standard InChI is InChI=1S/C12H23NO2/c13-11(9-14)10-4-7-15-12(8-10)5-2-1-3-6-12/h10-11,14H,1-9,13H2. The number of rotatable bonds is 2. The molecule has 0 aromatic rings. The number of nitrogens with two attached hydrogens (primary N) is 1. The fourth-order valence-corrected chi connectivity index (χ4v) is 3.12. The average Bonchev–Trinajstić information content (AvgIpc) is 2.29. The van der Waals surface area contributed by atoms with Crippen molar-refractivity contribution in [3.63, 3.8) is 0 Å². The normalized spacial score (nSPS) is 32.8. The summed E-state index contributed by atoms with van der Waals surface area (Å²) in [7, 11) is 0. The number of ether oxygens (including phenoxy) is 1. The molecular weight excluding hydrogens is 190 g/mol. The molecule has 1 saturated carbocycles. The largest absolute Gasteiger partial charge is 0.395 e. The molecule has 88 valence electrons. The highest BCUT2D eigenvalue weighted by atomic mass is 16.5. The molecule has 0 bridgehead atoms. The van der Waals surface area contributed by atoms with Gasteiger partial charge in [0, 0.05) is 12.6 Å². The van der Waals surface area contributed by atoms with Gasteiger partial charge >= 0.3 is 0 Å². The van der Waals surface area contributed by atoms with Crippen LogP contribution in [0.5, 0.6) is 0 Å². The predicted molar refractivity (Wildman–Crippen MR) is 59.6 cm³/mol. The molecule has 1 aliphatic carbocycles. The van der Waals surface area contributed by atoms with Crippen LogP contribution in [0.4, 0.5) is 0 Å². The van der Waals surface area contributed by atoms with E-state index in [4.69, 9.17) is 15.6 Å². The molecule has 3 heteroatoms. The number of aliphatic hydroxyl groups excluding tert-OH is 1. The summed E-state index contributed by atoms with van der Waals surface area (Å²) in [4.78, 5) is 0. The predicted octanol–water partition coefficient (Wildman–Crippen LogP) is 1.44. The molecule has 3 N–H and O–H groups in total. The van der Waals surface area contributed by atoms with Crippen LogP contribution in [0.1, 0.15) is 44.9 Å². The van der Waals surface area contributed by atoms with E-state index in [1.807, 2.05) is 0 Å². The molecule has 2 rings (SSSR count). The van der Waals surface area contributed by atoms with Crippen molar-refractivity contribution in [3.8, 4) is 0 Å². The molecule has 0 aromatic carbocycles. The summed E-state index contributed by atoms with van der Waals surface area (Å²) in [6.07, 6.45) is 8.41. The van der Waals surface area contributed by atoms with Gasteiger partial charge in [-0.3, -0.25) is 0 Å². The highest BCUT2D eigenvalue weighted by molar-refractivity contribution is 4.92. The lowest BCUT2D eigenvalue weighted by molar-refractivity contribution is -0.121. The molecule has 1 saturated heterocycles. The first-order chi connectivity index (χ1) is 7.26. The van der Waals surface area contributed by atoms with Crippen molar-refractivity contribution in [1.82, 2.24) is 0 Å². The van der Waals surface area contributed by atoms with Gasteiger partial charge in [-0.15, -0.1) is 0 Å². The number of hydrogen-bond donors (Lipinski definition) is 2. The van der Waals surface area contributed by atoms with Crippen LogP contribution >= 0.6 is 0 Å². The SMILES string of the molecule is NC(CO)C1CCOC2(CCCCC2)C1. The minimum absolute atomic E-state index is 0.0484. The van der Waals surface area contributed by atoms with Crippen molar-refractivity contribution < 1.29 is 9.84 Å². The van der Waals surface area contributed by atoms with E-state index in [0.29, 0.717) is 5.92 Å². The molecule has 1 spiro atoms. The zero-order valence-electron chi connectivity index (χ0n) is 9.45. The van der Waals surface area contributed by atoms with Crippen molar-refractivity contribution in [2.75, 3.05) is 13.2 Å². The maximum absolute atomic E-state index is 9.11. The van der Waals surface area contributed by atoms with Crippen LogP contribution in [0.3, 0.4) is 0 Å². The maximum atomic E-state index is 9.11. The fraction of sp³-hybridized carbons (Fsp3) is 1.00. The second-order valence-corrected chi connectivity index (χ2v) is 5.19. The van der Waals surface area contributed by atoms with E-state index in [2.05, 4.69) is 0 Å². The summed E-state index contributed by atoms with van der Waals surface area (Å²) in [5.74, 6) is 0.460. The van der Waals surface area contributed by atoms with Gasteiger partial charge in [0.05, 0.1) is 12.2 Å². The van der Waals surface area contributed by atoms with Gasteiger partial charge in [-0.2, -0.15) is 0 Å². The van der Waals surface area contributed by atoms with Crippen LogP contribution in [-0.4, -0.2) is 30.0 Å². The molecule has 3 nitrogen and oxygen atoms in total. The fourth-order valence-electron chi connectivity index (χ4n) is 3.12. The van der Waals surface area contributed by atoms with Crippen LogP contribution in [-0.2, 0) is 4.74 Å². The van der Waals surface area contributed by atoms with Gasteiger partial charge in [-0.05, 0) is 31.6 Å². The van der Waals surface area contributed by atoms with Gasteiger partial charge < -0.3 is 15.6 Å². The summed E-state index contributed by atoms with van der Waals surface area (Å²) in [6, 6.07) is -0.0484. The second-order valence-electron chi connectivity index (χ2n) is 5.19. The van der Waals surface area contributed by atoms with Gasteiger partial charge in [0.15, 0.2) is 0 Å². The maximum Gasteiger partial charge on any atom is 0.0685 e. The highest BCUT2D eigenvalue weighted by Crippen LogP contribution is 2.41. The highest BCUT2D eigenvalue weighted by Gasteiger charge is 2.39. The molecule has 0 radical (unpaired) electrons. The Morgan fingerprint density at radius 1 is 1.33 bits per heavy atom. The summed E-state index contributed by atoms with van der Waals surface area (Å²) in [5, 5.41) is 9.11. The lowest BCUT2D eigenvalue weighted by Crippen LogP contribution is -2.47. The van der Waals surface area contributed by atoms with Gasteiger partial charge in [-0.1, -0.05) is 19.3 Å². The van der Waals surface area contributed by atoms with Crippen LogP contribution in [0.2, 0.25) is 0 Å². The Labute approximate surface area is 92.0 Å². The average molecular weight is 213 g/mol. The molecule has 2 fully saturated rings. The van der Waals surface area contributed by atoms with E-state index >= 15 is 0 Å². The quantitative estimate of drug-likeness (QED) is 0.729.